The highest BCUT2D eigenvalue weighted by Crippen LogP contribution is 2.16. The smallest absolute Gasteiger partial charge is 0.336 e. The highest BCUT2D eigenvalue weighted by Gasteiger charge is 2.15. The van der Waals surface area contributed by atoms with Crippen molar-refractivity contribution in [3.63, 3.8) is 0 Å². The minimum absolute atomic E-state index is 0.230. The molecule has 0 aliphatic carbocycles. The summed E-state index contributed by atoms with van der Waals surface area (Å²) in [5, 5.41) is 0.866. The number of hydrogen-bond acceptors (Lipinski definition) is 4. The van der Waals surface area contributed by atoms with Gasteiger partial charge in [0.05, 0.1) is 0 Å². The van der Waals surface area contributed by atoms with Gasteiger partial charge in [0.2, 0.25) is 0 Å². The van der Waals surface area contributed by atoms with Crippen LogP contribution in [-0.2, 0) is 16.0 Å². The number of carbonyl (C=O) groups is 1. The molecule has 0 saturated carbocycles. The minimum Gasteiger partial charge on any atom is -0.460 e. The lowest BCUT2D eigenvalue weighted by Crippen LogP contribution is -2.24. The molecule has 0 fully saturated rings. The zero-order valence-corrected chi connectivity index (χ0v) is 11.9. The number of carbonyl (C=O) groups excluding carboxylic acids is 1. The predicted octanol–water partition coefficient (Wildman–Crippen LogP) is 3.07. The van der Waals surface area contributed by atoms with Crippen LogP contribution in [-0.4, -0.2) is 11.6 Å². The van der Waals surface area contributed by atoms with Gasteiger partial charge in [-0.3, -0.25) is 4.79 Å². The highest BCUT2D eigenvalue weighted by atomic mass is 16.6. The predicted molar refractivity (Wildman–Crippen MR) is 76.7 cm³/mol. The van der Waals surface area contributed by atoms with Crippen molar-refractivity contribution in [3.05, 3.63) is 46.3 Å². The van der Waals surface area contributed by atoms with Gasteiger partial charge in [0.1, 0.15) is 11.2 Å². The van der Waals surface area contributed by atoms with Crippen molar-refractivity contribution in [2.45, 2.75) is 39.2 Å². The van der Waals surface area contributed by atoms with Crippen LogP contribution in [0.2, 0.25) is 0 Å². The molecule has 1 aromatic carbocycles. The van der Waals surface area contributed by atoms with Crippen LogP contribution in [0.15, 0.2) is 39.5 Å². The lowest BCUT2D eigenvalue weighted by Gasteiger charge is -2.19. The molecular weight excluding hydrogens is 256 g/mol. The van der Waals surface area contributed by atoms with Crippen LogP contribution in [0.1, 0.15) is 32.8 Å². The molecule has 2 rings (SSSR count). The minimum atomic E-state index is -0.465. The SMILES string of the molecule is CC(C)(C)OC(=O)CCc1ccc2ccc(=O)oc2c1. The van der Waals surface area contributed by atoms with E-state index >= 15 is 0 Å². The number of aryl methyl sites for hydroxylation is 1. The van der Waals surface area contributed by atoms with E-state index in [-0.39, 0.29) is 11.6 Å². The molecule has 4 nitrogen and oxygen atoms in total. The Balaban J connectivity index is 2.07. The fourth-order valence-electron chi connectivity index (χ4n) is 1.90. The summed E-state index contributed by atoms with van der Waals surface area (Å²) < 4.78 is 10.4. The third kappa shape index (κ3) is 3.95. The Kier molecular flexibility index (Phi) is 3.93. The summed E-state index contributed by atoms with van der Waals surface area (Å²) in [6.45, 7) is 5.53. The molecule has 0 amide bonds. The second-order valence-electron chi connectivity index (χ2n) is 5.71. The first kappa shape index (κ1) is 14.3. The van der Waals surface area contributed by atoms with E-state index in [0.717, 1.165) is 10.9 Å². The summed E-state index contributed by atoms with van der Waals surface area (Å²) in [5.74, 6) is -0.230. The summed E-state index contributed by atoms with van der Waals surface area (Å²) >= 11 is 0. The van der Waals surface area contributed by atoms with Crippen LogP contribution >= 0.6 is 0 Å². The lowest BCUT2D eigenvalue weighted by molar-refractivity contribution is -0.154. The van der Waals surface area contributed by atoms with E-state index < -0.39 is 5.60 Å². The zero-order valence-electron chi connectivity index (χ0n) is 11.9. The molecule has 0 aliphatic heterocycles. The molecule has 106 valence electrons. The first-order chi connectivity index (χ1) is 9.33. The Morgan fingerprint density at radius 1 is 1.20 bits per heavy atom. The van der Waals surface area contributed by atoms with E-state index in [1.54, 1.807) is 12.1 Å². The van der Waals surface area contributed by atoms with Crippen molar-refractivity contribution in [1.82, 2.24) is 0 Å². The summed E-state index contributed by atoms with van der Waals surface area (Å²) in [4.78, 5) is 22.8. The molecule has 0 bridgehead atoms. The first-order valence-electron chi connectivity index (χ1n) is 6.58. The number of hydrogen-bond donors (Lipinski definition) is 0. The van der Waals surface area contributed by atoms with E-state index in [4.69, 9.17) is 9.15 Å². The van der Waals surface area contributed by atoms with E-state index in [9.17, 15) is 9.59 Å². The van der Waals surface area contributed by atoms with E-state index in [2.05, 4.69) is 0 Å². The third-order valence-corrected chi connectivity index (χ3v) is 2.73. The quantitative estimate of drug-likeness (QED) is 0.637. The average molecular weight is 274 g/mol. The van der Waals surface area contributed by atoms with Gasteiger partial charge in [0.15, 0.2) is 0 Å². The lowest BCUT2D eigenvalue weighted by atomic mass is 10.1. The van der Waals surface area contributed by atoms with Gasteiger partial charge in [0, 0.05) is 17.9 Å². The van der Waals surface area contributed by atoms with Crippen molar-refractivity contribution in [2.24, 2.45) is 0 Å². The fraction of sp³-hybridized carbons (Fsp3) is 0.375. The monoisotopic (exact) mass is 274 g/mol. The van der Waals surface area contributed by atoms with Crippen molar-refractivity contribution in [3.8, 4) is 0 Å². The molecule has 0 atom stereocenters. The molecule has 1 aromatic heterocycles. The molecular formula is C16H18O4. The van der Waals surface area contributed by atoms with Gasteiger partial charge in [-0.05, 0) is 44.9 Å². The molecule has 0 N–H and O–H groups in total. The largest absolute Gasteiger partial charge is 0.460 e. The van der Waals surface area contributed by atoms with E-state index in [1.165, 1.54) is 6.07 Å². The summed E-state index contributed by atoms with van der Waals surface area (Å²) in [6, 6.07) is 8.71. The highest BCUT2D eigenvalue weighted by molar-refractivity contribution is 5.77. The fourth-order valence-corrected chi connectivity index (χ4v) is 1.90. The van der Waals surface area contributed by atoms with E-state index in [1.807, 2.05) is 32.9 Å². The Morgan fingerprint density at radius 2 is 1.90 bits per heavy atom. The van der Waals surface area contributed by atoms with Gasteiger partial charge in [0.25, 0.3) is 0 Å². The van der Waals surface area contributed by atoms with Crippen LogP contribution in [0.4, 0.5) is 0 Å². The van der Waals surface area contributed by atoms with Gasteiger partial charge in [-0.15, -0.1) is 0 Å². The molecule has 20 heavy (non-hydrogen) atoms. The number of ether oxygens (including phenoxy) is 1. The van der Waals surface area contributed by atoms with Crippen molar-refractivity contribution in [1.29, 1.82) is 0 Å². The maximum absolute atomic E-state index is 11.7. The second-order valence-corrected chi connectivity index (χ2v) is 5.71. The number of rotatable bonds is 3. The number of fused-ring (bicyclic) bond motifs is 1. The average Bonchev–Trinajstić information content (AvgIpc) is 2.33. The third-order valence-electron chi connectivity index (χ3n) is 2.73. The molecule has 0 spiro atoms. The molecule has 0 unspecified atom stereocenters. The number of esters is 1. The first-order valence-corrected chi connectivity index (χ1v) is 6.58. The normalized spacial score (nSPS) is 11.6. The molecule has 1 heterocycles. The molecule has 0 aliphatic rings. The standard InChI is InChI=1S/C16H18O4/c1-16(2,3)20-15(18)8-5-11-4-6-12-7-9-14(17)19-13(12)10-11/h4,6-7,9-10H,5,8H2,1-3H3. The van der Waals surface area contributed by atoms with Crippen molar-refractivity contribution < 1.29 is 13.9 Å². The summed E-state index contributed by atoms with van der Waals surface area (Å²) in [7, 11) is 0. The second kappa shape index (κ2) is 5.49. The van der Waals surface area contributed by atoms with Crippen LogP contribution in [0.25, 0.3) is 11.0 Å². The van der Waals surface area contributed by atoms with Gasteiger partial charge < -0.3 is 9.15 Å². The van der Waals surface area contributed by atoms with Gasteiger partial charge in [-0.1, -0.05) is 12.1 Å². The summed E-state index contributed by atoms with van der Waals surface area (Å²) in [5.41, 5.74) is 0.645. The van der Waals surface area contributed by atoms with Crippen molar-refractivity contribution >= 4 is 16.9 Å². The number of benzene rings is 1. The molecule has 4 heteroatoms. The molecule has 0 radical (unpaired) electrons. The van der Waals surface area contributed by atoms with E-state index in [0.29, 0.717) is 18.4 Å². The molecule has 2 aromatic rings. The van der Waals surface area contributed by atoms with Gasteiger partial charge in [-0.2, -0.15) is 0 Å². The summed E-state index contributed by atoms with van der Waals surface area (Å²) in [6.07, 6.45) is 0.864. The van der Waals surface area contributed by atoms with Gasteiger partial charge >= 0.3 is 11.6 Å². The van der Waals surface area contributed by atoms with Crippen LogP contribution < -0.4 is 5.63 Å². The zero-order chi connectivity index (χ0) is 14.8. The topological polar surface area (TPSA) is 56.5 Å². The Hall–Kier alpha value is -2.10. The Morgan fingerprint density at radius 3 is 2.60 bits per heavy atom. The maximum Gasteiger partial charge on any atom is 0.336 e. The maximum atomic E-state index is 11.7. The van der Waals surface area contributed by atoms with Crippen LogP contribution in [0.3, 0.4) is 0 Å². The van der Waals surface area contributed by atoms with Crippen LogP contribution in [0, 0.1) is 0 Å². The Bertz CT molecular complexity index is 677. The molecule has 0 saturated heterocycles. The van der Waals surface area contributed by atoms with Gasteiger partial charge in [-0.25, -0.2) is 4.79 Å². The van der Waals surface area contributed by atoms with Crippen LogP contribution in [0.5, 0.6) is 0 Å². The Labute approximate surface area is 117 Å². The van der Waals surface area contributed by atoms with Crippen molar-refractivity contribution in [2.75, 3.05) is 0 Å².